The Morgan fingerprint density at radius 3 is 2.30 bits per heavy atom. The number of imidazole rings is 1. The van der Waals surface area contributed by atoms with Gasteiger partial charge in [0.05, 0.1) is 22.8 Å². The minimum absolute atomic E-state index is 0.0146. The summed E-state index contributed by atoms with van der Waals surface area (Å²) in [6, 6.07) is 13.1. The normalized spacial score (nSPS) is 16.4. The molecule has 4 aromatic rings. The number of carboxylic acids is 1. The van der Waals surface area contributed by atoms with Crippen molar-refractivity contribution < 1.29 is 14.7 Å². The number of rotatable bonds is 5. The SMILES string of the molecule is O=C(O)c1ccc2c(c1)nc(-c1ccc(C(=O)N3CCN(c4cnccn4)CC3)cc1)n2C1CCCC1. The van der Waals surface area contributed by atoms with Crippen LogP contribution in [-0.2, 0) is 0 Å². The molecule has 0 atom stereocenters. The molecule has 6 rings (SSSR count). The highest BCUT2D eigenvalue weighted by molar-refractivity contribution is 5.95. The summed E-state index contributed by atoms with van der Waals surface area (Å²) < 4.78 is 2.26. The van der Waals surface area contributed by atoms with Crippen LogP contribution >= 0.6 is 0 Å². The van der Waals surface area contributed by atoms with Crippen LogP contribution in [0.4, 0.5) is 5.82 Å². The van der Waals surface area contributed by atoms with E-state index in [1.165, 1.54) is 12.8 Å². The zero-order chi connectivity index (χ0) is 25.4. The van der Waals surface area contributed by atoms with E-state index in [1.54, 1.807) is 30.7 Å². The molecule has 37 heavy (non-hydrogen) atoms. The zero-order valence-corrected chi connectivity index (χ0v) is 20.5. The summed E-state index contributed by atoms with van der Waals surface area (Å²) in [6.45, 7) is 2.68. The van der Waals surface area contributed by atoms with E-state index in [2.05, 4.69) is 19.4 Å². The van der Waals surface area contributed by atoms with Crippen LogP contribution in [-0.4, -0.2) is 67.6 Å². The molecule has 1 aliphatic heterocycles. The summed E-state index contributed by atoms with van der Waals surface area (Å²) in [5.74, 6) is 0.709. The number of nitrogens with zero attached hydrogens (tertiary/aromatic N) is 6. The summed E-state index contributed by atoms with van der Waals surface area (Å²) in [5.41, 5.74) is 3.43. The predicted octanol–water partition coefficient (Wildman–Crippen LogP) is 4.27. The van der Waals surface area contributed by atoms with Crippen LogP contribution in [0.5, 0.6) is 0 Å². The summed E-state index contributed by atoms with van der Waals surface area (Å²) >= 11 is 0. The van der Waals surface area contributed by atoms with Gasteiger partial charge in [-0.1, -0.05) is 25.0 Å². The van der Waals surface area contributed by atoms with Crippen molar-refractivity contribution in [1.82, 2.24) is 24.4 Å². The second kappa shape index (κ2) is 9.65. The first-order valence-corrected chi connectivity index (χ1v) is 12.7. The highest BCUT2D eigenvalue weighted by Gasteiger charge is 2.25. The molecule has 1 aliphatic carbocycles. The summed E-state index contributed by atoms with van der Waals surface area (Å²) in [5, 5.41) is 9.43. The number of carbonyl (C=O) groups is 2. The number of fused-ring (bicyclic) bond motifs is 1. The Morgan fingerprint density at radius 2 is 1.62 bits per heavy atom. The number of hydrogen-bond acceptors (Lipinski definition) is 6. The number of aromatic carboxylic acids is 1. The van der Waals surface area contributed by atoms with Crippen molar-refractivity contribution in [3.63, 3.8) is 0 Å². The van der Waals surface area contributed by atoms with Crippen molar-refractivity contribution in [1.29, 1.82) is 0 Å². The first-order valence-electron chi connectivity index (χ1n) is 12.7. The van der Waals surface area contributed by atoms with Crippen LogP contribution in [0.1, 0.15) is 52.4 Å². The number of piperazine rings is 1. The largest absolute Gasteiger partial charge is 0.478 e. The standard InChI is InChI=1S/C28H28N6O3/c35-27(33-15-13-32(14-16-33)25-18-29-11-12-30-25)20-7-5-19(6-8-20)26-31-23-17-21(28(36)37)9-10-24(23)34(26)22-3-1-2-4-22/h5-12,17-18,22H,1-4,13-16H2,(H,36,37). The topological polar surface area (TPSA) is 104 Å². The van der Waals surface area contributed by atoms with Crippen molar-refractivity contribution in [2.45, 2.75) is 31.7 Å². The molecule has 1 N–H and O–H groups in total. The monoisotopic (exact) mass is 496 g/mol. The van der Waals surface area contributed by atoms with E-state index in [9.17, 15) is 14.7 Å². The molecule has 9 heteroatoms. The van der Waals surface area contributed by atoms with E-state index < -0.39 is 5.97 Å². The van der Waals surface area contributed by atoms with Gasteiger partial charge in [-0.05, 0) is 43.2 Å². The molecular weight excluding hydrogens is 468 g/mol. The Morgan fingerprint density at radius 1 is 0.892 bits per heavy atom. The smallest absolute Gasteiger partial charge is 0.335 e. The van der Waals surface area contributed by atoms with E-state index in [-0.39, 0.29) is 11.5 Å². The van der Waals surface area contributed by atoms with E-state index in [4.69, 9.17) is 4.98 Å². The number of carboxylic acid groups (broad SMARTS) is 1. The van der Waals surface area contributed by atoms with Crippen LogP contribution in [0.2, 0.25) is 0 Å². The van der Waals surface area contributed by atoms with Gasteiger partial charge < -0.3 is 19.5 Å². The van der Waals surface area contributed by atoms with Gasteiger partial charge in [-0.25, -0.2) is 14.8 Å². The van der Waals surface area contributed by atoms with Gasteiger partial charge in [0.15, 0.2) is 0 Å². The van der Waals surface area contributed by atoms with Crippen molar-refractivity contribution in [3.8, 4) is 11.4 Å². The molecule has 9 nitrogen and oxygen atoms in total. The fourth-order valence-corrected chi connectivity index (χ4v) is 5.51. The maximum absolute atomic E-state index is 13.2. The van der Waals surface area contributed by atoms with Crippen LogP contribution < -0.4 is 4.90 Å². The van der Waals surface area contributed by atoms with Gasteiger partial charge in [0.2, 0.25) is 0 Å². The minimum Gasteiger partial charge on any atom is -0.478 e. The van der Waals surface area contributed by atoms with Crippen LogP contribution in [0.3, 0.4) is 0 Å². The Bertz CT molecular complexity index is 1440. The Balaban J connectivity index is 1.24. The first-order chi connectivity index (χ1) is 18.1. The van der Waals surface area contributed by atoms with Crippen LogP contribution in [0.15, 0.2) is 61.1 Å². The molecule has 2 fully saturated rings. The highest BCUT2D eigenvalue weighted by atomic mass is 16.4. The molecule has 2 aliphatic rings. The molecule has 2 aromatic heterocycles. The van der Waals surface area contributed by atoms with Crippen LogP contribution in [0, 0.1) is 0 Å². The first kappa shape index (κ1) is 23.1. The van der Waals surface area contributed by atoms with Crippen molar-refractivity contribution in [2.24, 2.45) is 0 Å². The number of aromatic nitrogens is 4. The number of hydrogen-bond donors (Lipinski definition) is 1. The number of anilines is 1. The van der Waals surface area contributed by atoms with Crippen LogP contribution in [0.25, 0.3) is 22.4 Å². The Labute approximate surface area is 214 Å². The van der Waals surface area contributed by atoms with E-state index >= 15 is 0 Å². The molecule has 3 heterocycles. The van der Waals surface area contributed by atoms with Gasteiger partial charge in [0.25, 0.3) is 5.91 Å². The van der Waals surface area contributed by atoms with Gasteiger partial charge in [0.1, 0.15) is 11.6 Å². The van der Waals surface area contributed by atoms with Gasteiger partial charge in [0, 0.05) is 55.7 Å². The van der Waals surface area contributed by atoms with E-state index in [1.807, 2.05) is 35.2 Å². The van der Waals surface area contributed by atoms with Gasteiger partial charge in [-0.15, -0.1) is 0 Å². The lowest BCUT2D eigenvalue weighted by atomic mass is 10.1. The molecule has 2 aromatic carbocycles. The quantitative estimate of drug-likeness (QED) is 0.440. The second-order valence-electron chi connectivity index (χ2n) is 9.67. The Kier molecular flexibility index (Phi) is 6.04. The second-order valence-corrected chi connectivity index (χ2v) is 9.67. The van der Waals surface area contributed by atoms with Crippen molar-refractivity contribution in [3.05, 3.63) is 72.2 Å². The summed E-state index contributed by atoms with van der Waals surface area (Å²) in [4.78, 5) is 42.1. The van der Waals surface area contributed by atoms with Gasteiger partial charge >= 0.3 is 5.97 Å². The van der Waals surface area contributed by atoms with Crippen molar-refractivity contribution in [2.75, 3.05) is 31.1 Å². The number of carbonyl (C=O) groups excluding carboxylic acids is 1. The van der Waals surface area contributed by atoms with E-state index in [0.29, 0.717) is 43.3 Å². The molecule has 1 saturated heterocycles. The maximum atomic E-state index is 13.2. The molecular formula is C28H28N6O3. The van der Waals surface area contributed by atoms with Crippen molar-refractivity contribution >= 4 is 28.7 Å². The molecule has 0 bridgehead atoms. The van der Waals surface area contributed by atoms with E-state index in [0.717, 1.165) is 35.6 Å². The molecule has 1 saturated carbocycles. The molecule has 0 radical (unpaired) electrons. The van der Waals surface area contributed by atoms with Gasteiger partial charge in [-0.3, -0.25) is 9.78 Å². The molecule has 188 valence electrons. The Hall–Kier alpha value is -4.27. The lowest BCUT2D eigenvalue weighted by Crippen LogP contribution is -2.49. The average Bonchev–Trinajstić information content (AvgIpc) is 3.61. The number of benzene rings is 2. The summed E-state index contributed by atoms with van der Waals surface area (Å²) in [7, 11) is 0. The summed E-state index contributed by atoms with van der Waals surface area (Å²) in [6.07, 6.45) is 9.59. The molecule has 1 amide bonds. The third kappa shape index (κ3) is 4.41. The maximum Gasteiger partial charge on any atom is 0.335 e. The molecule has 0 spiro atoms. The minimum atomic E-state index is -0.959. The lowest BCUT2D eigenvalue weighted by Gasteiger charge is -2.35. The third-order valence-corrected chi connectivity index (χ3v) is 7.46. The predicted molar refractivity (Wildman–Crippen MR) is 140 cm³/mol. The number of amides is 1. The van der Waals surface area contributed by atoms with Gasteiger partial charge in [-0.2, -0.15) is 0 Å². The zero-order valence-electron chi connectivity index (χ0n) is 20.5. The highest BCUT2D eigenvalue weighted by Crippen LogP contribution is 2.37. The fourth-order valence-electron chi connectivity index (χ4n) is 5.51. The molecule has 0 unspecified atom stereocenters. The fraction of sp³-hybridized carbons (Fsp3) is 0.321. The average molecular weight is 497 g/mol. The third-order valence-electron chi connectivity index (χ3n) is 7.46. The lowest BCUT2D eigenvalue weighted by molar-refractivity contribution is 0.0695.